The van der Waals surface area contributed by atoms with Gasteiger partial charge in [-0.3, -0.25) is 9.78 Å². The lowest BCUT2D eigenvalue weighted by Gasteiger charge is -2.13. The molecule has 0 radical (unpaired) electrons. The second kappa shape index (κ2) is 8.40. The molecule has 0 aliphatic carbocycles. The van der Waals surface area contributed by atoms with Crippen molar-refractivity contribution in [3.05, 3.63) is 69.9 Å². The molecule has 5 nitrogen and oxygen atoms in total. The number of hydrogen-bond acceptors (Lipinski definition) is 4. The average molecular weight is 397 g/mol. The number of rotatable bonds is 5. The maximum absolute atomic E-state index is 12.7. The van der Waals surface area contributed by atoms with Crippen molar-refractivity contribution in [2.45, 2.75) is 27.2 Å². The van der Waals surface area contributed by atoms with Crippen LogP contribution in [0.25, 0.3) is 10.9 Å². The number of hydrogen-bond donors (Lipinski definition) is 1. The summed E-state index contributed by atoms with van der Waals surface area (Å²) >= 11 is 6.12. The molecule has 0 unspecified atom stereocenters. The van der Waals surface area contributed by atoms with Crippen LogP contribution in [-0.2, 0) is 16.0 Å². The quantitative estimate of drug-likeness (QED) is 0.625. The van der Waals surface area contributed by atoms with Crippen molar-refractivity contribution >= 4 is 40.1 Å². The van der Waals surface area contributed by atoms with Crippen LogP contribution in [0.2, 0.25) is 5.02 Å². The summed E-state index contributed by atoms with van der Waals surface area (Å²) < 4.78 is 5.26. The fourth-order valence-electron chi connectivity index (χ4n) is 3.08. The number of para-hydroxylation sites is 1. The SMILES string of the molecule is CCc1nc2ccccc2c(C)c1C(=O)OCC(=O)Nc1ccc(C)cc1Cl. The van der Waals surface area contributed by atoms with Gasteiger partial charge in [-0.05, 0) is 49.6 Å². The fraction of sp³-hybridized carbons (Fsp3) is 0.227. The lowest BCUT2D eigenvalue weighted by Crippen LogP contribution is -2.22. The van der Waals surface area contributed by atoms with Crippen LogP contribution >= 0.6 is 11.6 Å². The zero-order chi connectivity index (χ0) is 20.3. The molecule has 28 heavy (non-hydrogen) atoms. The van der Waals surface area contributed by atoms with Gasteiger partial charge in [-0.25, -0.2) is 4.79 Å². The van der Waals surface area contributed by atoms with Gasteiger partial charge in [0.2, 0.25) is 0 Å². The third kappa shape index (κ3) is 4.15. The molecule has 6 heteroatoms. The Morgan fingerprint density at radius 2 is 1.89 bits per heavy atom. The summed E-state index contributed by atoms with van der Waals surface area (Å²) in [5.74, 6) is -1.01. The predicted octanol–water partition coefficient (Wildman–Crippen LogP) is 4.86. The Morgan fingerprint density at radius 3 is 2.61 bits per heavy atom. The van der Waals surface area contributed by atoms with Gasteiger partial charge in [0.15, 0.2) is 6.61 Å². The average Bonchev–Trinajstić information content (AvgIpc) is 2.68. The van der Waals surface area contributed by atoms with Crippen molar-refractivity contribution in [1.29, 1.82) is 0 Å². The van der Waals surface area contributed by atoms with E-state index in [1.54, 1.807) is 12.1 Å². The molecule has 0 bridgehead atoms. The van der Waals surface area contributed by atoms with E-state index >= 15 is 0 Å². The number of carbonyl (C=O) groups is 2. The first-order valence-electron chi connectivity index (χ1n) is 9.02. The fourth-order valence-corrected chi connectivity index (χ4v) is 3.36. The van der Waals surface area contributed by atoms with Crippen molar-refractivity contribution < 1.29 is 14.3 Å². The van der Waals surface area contributed by atoms with Crippen LogP contribution in [0.1, 0.15) is 34.1 Å². The topological polar surface area (TPSA) is 68.3 Å². The molecule has 0 aliphatic heterocycles. The van der Waals surface area contributed by atoms with Crippen LogP contribution in [0.3, 0.4) is 0 Å². The van der Waals surface area contributed by atoms with E-state index in [1.807, 2.05) is 51.1 Å². The molecule has 2 aromatic carbocycles. The zero-order valence-electron chi connectivity index (χ0n) is 16.0. The molecule has 0 saturated heterocycles. The molecule has 0 saturated carbocycles. The standard InChI is InChI=1S/C22H21ClN2O3/c1-4-17-21(14(3)15-7-5-6-8-18(15)24-17)22(27)28-12-20(26)25-19-10-9-13(2)11-16(19)23/h5-11H,4,12H2,1-3H3,(H,25,26). The third-order valence-electron chi connectivity index (χ3n) is 4.50. The van der Waals surface area contributed by atoms with E-state index in [2.05, 4.69) is 10.3 Å². The van der Waals surface area contributed by atoms with Gasteiger partial charge in [0.05, 0.1) is 27.5 Å². The number of aromatic nitrogens is 1. The molecule has 0 aliphatic rings. The second-order valence-corrected chi connectivity index (χ2v) is 6.94. The van der Waals surface area contributed by atoms with E-state index in [9.17, 15) is 9.59 Å². The molecule has 3 aromatic rings. The number of anilines is 1. The first-order chi connectivity index (χ1) is 13.4. The third-order valence-corrected chi connectivity index (χ3v) is 4.81. The van der Waals surface area contributed by atoms with E-state index < -0.39 is 18.5 Å². The monoisotopic (exact) mass is 396 g/mol. The van der Waals surface area contributed by atoms with E-state index in [-0.39, 0.29) is 0 Å². The van der Waals surface area contributed by atoms with Gasteiger partial charge >= 0.3 is 5.97 Å². The lowest BCUT2D eigenvalue weighted by atomic mass is 10.0. The number of benzene rings is 2. The molecule has 3 rings (SSSR count). The maximum Gasteiger partial charge on any atom is 0.340 e. The lowest BCUT2D eigenvalue weighted by molar-refractivity contribution is -0.119. The number of aryl methyl sites for hydroxylation is 3. The second-order valence-electron chi connectivity index (χ2n) is 6.54. The Hall–Kier alpha value is -2.92. The number of pyridine rings is 1. The van der Waals surface area contributed by atoms with Crippen molar-refractivity contribution in [2.75, 3.05) is 11.9 Å². The first kappa shape index (κ1) is 19.8. The summed E-state index contributed by atoms with van der Waals surface area (Å²) in [7, 11) is 0. The van der Waals surface area contributed by atoms with Crippen LogP contribution in [0.5, 0.6) is 0 Å². The van der Waals surface area contributed by atoms with Gasteiger partial charge in [-0.1, -0.05) is 42.8 Å². The van der Waals surface area contributed by atoms with Crippen molar-refractivity contribution in [2.24, 2.45) is 0 Å². The highest BCUT2D eigenvalue weighted by molar-refractivity contribution is 6.33. The Labute approximate surface area is 168 Å². The van der Waals surface area contributed by atoms with E-state index in [0.29, 0.717) is 28.4 Å². The number of nitrogens with one attached hydrogen (secondary N) is 1. The largest absolute Gasteiger partial charge is 0.452 e. The molecular weight excluding hydrogens is 376 g/mol. The van der Waals surface area contributed by atoms with E-state index in [1.165, 1.54) is 0 Å². The molecule has 1 aromatic heterocycles. The van der Waals surface area contributed by atoms with Crippen molar-refractivity contribution in [1.82, 2.24) is 4.98 Å². The number of nitrogens with zero attached hydrogens (tertiary/aromatic N) is 1. The zero-order valence-corrected chi connectivity index (χ0v) is 16.8. The van der Waals surface area contributed by atoms with Crippen LogP contribution in [-0.4, -0.2) is 23.5 Å². The Bertz CT molecular complexity index is 1060. The molecule has 0 fully saturated rings. The number of esters is 1. The van der Waals surface area contributed by atoms with Crippen LogP contribution in [0, 0.1) is 13.8 Å². The van der Waals surface area contributed by atoms with Gasteiger partial charge < -0.3 is 10.1 Å². The van der Waals surface area contributed by atoms with Gasteiger partial charge in [0.25, 0.3) is 5.91 Å². The smallest absolute Gasteiger partial charge is 0.340 e. The highest BCUT2D eigenvalue weighted by Crippen LogP contribution is 2.25. The summed E-state index contributed by atoms with van der Waals surface area (Å²) in [5.41, 5.74) is 4.17. The Balaban J connectivity index is 1.76. The van der Waals surface area contributed by atoms with E-state index in [0.717, 1.165) is 22.0 Å². The molecule has 1 heterocycles. The molecule has 0 spiro atoms. The molecule has 1 N–H and O–H groups in total. The molecule has 0 atom stereocenters. The number of fused-ring (bicyclic) bond motifs is 1. The predicted molar refractivity (Wildman–Crippen MR) is 111 cm³/mol. The van der Waals surface area contributed by atoms with Gasteiger partial charge in [-0.2, -0.15) is 0 Å². The van der Waals surface area contributed by atoms with Crippen molar-refractivity contribution in [3.63, 3.8) is 0 Å². The number of amides is 1. The minimum atomic E-state index is -0.558. The minimum Gasteiger partial charge on any atom is -0.452 e. The van der Waals surface area contributed by atoms with E-state index in [4.69, 9.17) is 16.3 Å². The van der Waals surface area contributed by atoms with Gasteiger partial charge in [0, 0.05) is 5.39 Å². The summed E-state index contributed by atoms with van der Waals surface area (Å²) in [4.78, 5) is 29.4. The Kier molecular flexibility index (Phi) is 5.95. The number of carbonyl (C=O) groups excluding carboxylic acids is 2. The maximum atomic E-state index is 12.7. The van der Waals surface area contributed by atoms with Gasteiger partial charge in [0.1, 0.15) is 0 Å². The Morgan fingerprint density at radius 1 is 1.14 bits per heavy atom. The summed E-state index contributed by atoms with van der Waals surface area (Å²) in [5, 5.41) is 3.98. The summed E-state index contributed by atoms with van der Waals surface area (Å²) in [6.45, 7) is 5.30. The minimum absolute atomic E-state index is 0.404. The number of ether oxygens (including phenoxy) is 1. The van der Waals surface area contributed by atoms with Crippen LogP contribution in [0.4, 0.5) is 5.69 Å². The van der Waals surface area contributed by atoms with Crippen molar-refractivity contribution in [3.8, 4) is 0 Å². The normalized spacial score (nSPS) is 10.7. The molecular formula is C22H21ClN2O3. The summed E-state index contributed by atoms with van der Waals surface area (Å²) in [6, 6.07) is 12.9. The van der Waals surface area contributed by atoms with Gasteiger partial charge in [-0.15, -0.1) is 0 Å². The highest BCUT2D eigenvalue weighted by Gasteiger charge is 2.20. The van der Waals surface area contributed by atoms with Crippen LogP contribution < -0.4 is 5.32 Å². The first-order valence-corrected chi connectivity index (χ1v) is 9.39. The number of halogens is 1. The summed E-state index contributed by atoms with van der Waals surface area (Å²) in [6.07, 6.45) is 0.585. The molecule has 144 valence electrons. The molecule has 1 amide bonds. The van der Waals surface area contributed by atoms with Crippen LogP contribution in [0.15, 0.2) is 42.5 Å². The highest BCUT2D eigenvalue weighted by atomic mass is 35.5.